The summed E-state index contributed by atoms with van der Waals surface area (Å²) < 4.78 is 0. The number of hydrogen-bond acceptors (Lipinski definition) is 12. The van der Waals surface area contributed by atoms with Crippen LogP contribution < -0.4 is 35.1 Å². The van der Waals surface area contributed by atoms with Gasteiger partial charge in [0.1, 0.15) is 0 Å². The third-order valence-electron chi connectivity index (χ3n) is 1.26. The van der Waals surface area contributed by atoms with Crippen LogP contribution in [0.25, 0.3) is 0 Å². The van der Waals surface area contributed by atoms with E-state index in [1.165, 1.54) is 0 Å². The van der Waals surface area contributed by atoms with Gasteiger partial charge in [-0.1, -0.05) is 0 Å². The van der Waals surface area contributed by atoms with E-state index in [-0.39, 0.29) is 16.8 Å². The average molecular weight is 239 g/mol. The number of nitrogens with two attached hydrogens (primary N) is 6. The molecule has 0 aromatic heterocycles. The van der Waals surface area contributed by atoms with Crippen molar-refractivity contribution < 1.29 is 16.8 Å². The summed E-state index contributed by atoms with van der Waals surface area (Å²) in [5.41, 5.74) is 0. The molecule has 0 aromatic rings. The molecule has 1 saturated heterocycles. The van der Waals surface area contributed by atoms with Crippen molar-refractivity contribution in [2.75, 3.05) is 0 Å². The second-order valence-electron chi connectivity index (χ2n) is 1.92. The Bertz CT molecular complexity index is 96.7. The molecule has 0 amide bonds. The van der Waals surface area contributed by atoms with Gasteiger partial charge in [-0.3, -0.25) is 0 Å². The van der Waals surface area contributed by atoms with E-state index in [9.17, 15) is 0 Å². The SMILES string of the molecule is NN1N(N)N(N)N(N)N(N)N1N.[Co]. The van der Waals surface area contributed by atoms with Crippen LogP contribution in [0.4, 0.5) is 0 Å². The van der Waals surface area contributed by atoms with Crippen molar-refractivity contribution in [1.29, 1.82) is 0 Å². The van der Waals surface area contributed by atoms with Gasteiger partial charge in [0.05, 0.1) is 0 Å². The Morgan fingerprint density at radius 1 is 0.385 bits per heavy atom. The van der Waals surface area contributed by atoms with Crippen LogP contribution in [0.15, 0.2) is 0 Å². The average Bonchev–Trinajstić information content (AvgIpc) is 2.08. The van der Waals surface area contributed by atoms with Crippen LogP contribution in [0.3, 0.4) is 0 Å². The summed E-state index contributed by atoms with van der Waals surface area (Å²) in [6.45, 7) is 0. The van der Waals surface area contributed by atoms with Gasteiger partial charge in [0.25, 0.3) is 0 Å². The molecular weight excluding hydrogens is 227 g/mol. The molecule has 1 aliphatic heterocycles. The first kappa shape index (κ1) is 13.0. The van der Waals surface area contributed by atoms with E-state index in [1.807, 2.05) is 0 Å². The summed E-state index contributed by atoms with van der Waals surface area (Å²) in [7, 11) is 0. The van der Waals surface area contributed by atoms with Gasteiger partial charge in [0, 0.05) is 16.8 Å². The first-order valence-corrected chi connectivity index (χ1v) is 2.75. The molecule has 12 nitrogen and oxygen atoms in total. The second kappa shape index (κ2) is 4.50. The van der Waals surface area contributed by atoms with Crippen LogP contribution in [0.2, 0.25) is 0 Å². The summed E-state index contributed by atoms with van der Waals surface area (Å²) in [4.78, 5) is 0. The zero-order valence-corrected chi connectivity index (χ0v) is 7.52. The first-order valence-electron chi connectivity index (χ1n) is 2.75. The molecule has 1 fully saturated rings. The van der Waals surface area contributed by atoms with Crippen molar-refractivity contribution in [2.24, 2.45) is 35.1 Å². The van der Waals surface area contributed by atoms with E-state index in [2.05, 4.69) is 0 Å². The van der Waals surface area contributed by atoms with Gasteiger partial charge in [-0.2, -0.15) is 0 Å². The minimum absolute atomic E-state index is 0. The summed E-state index contributed by atoms with van der Waals surface area (Å²) in [5.74, 6) is 31.6. The number of hydrazine groups is 12. The van der Waals surface area contributed by atoms with Crippen molar-refractivity contribution >= 4 is 0 Å². The van der Waals surface area contributed by atoms with Crippen molar-refractivity contribution in [2.45, 2.75) is 0 Å². The largest absolute Gasteiger partial charge is 0.235 e. The third-order valence-corrected chi connectivity index (χ3v) is 1.26. The molecule has 0 bridgehead atoms. The molecule has 0 aromatic carbocycles. The molecule has 0 aliphatic carbocycles. The van der Waals surface area contributed by atoms with Crippen LogP contribution in [0.1, 0.15) is 0 Å². The standard InChI is InChI=1S/Co.H12N12/c;1-7-8(2)10(4)12(6)11(5)9(7)3/h;1-6H2. The smallest absolute Gasteiger partial charge is 0 e. The molecule has 1 rings (SSSR count). The summed E-state index contributed by atoms with van der Waals surface area (Å²) in [5, 5.41) is 4.35. The summed E-state index contributed by atoms with van der Waals surface area (Å²) in [6, 6.07) is 0. The van der Waals surface area contributed by atoms with Gasteiger partial charge in [-0.05, 0) is 31.4 Å². The molecule has 12 N–H and O–H groups in total. The Hall–Kier alpha value is 0.0265. The maximum absolute atomic E-state index is 5.27. The van der Waals surface area contributed by atoms with Crippen LogP contribution in [-0.2, 0) is 16.8 Å². The topological polar surface area (TPSA) is 176 Å². The van der Waals surface area contributed by atoms with E-state index < -0.39 is 0 Å². The fraction of sp³-hybridized carbons (Fsp3) is 0. The number of nitrogens with zero attached hydrogens (tertiary/aromatic N) is 6. The predicted octanol–water partition coefficient (Wildman–Crippen LogP) is -5.46. The summed E-state index contributed by atoms with van der Waals surface area (Å²) in [6.07, 6.45) is 0. The van der Waals surface area contributed by atoms with Gasteiger partial charge >= 0.3 is 0 Å². The summed E-state index contributed by atoms with van der Waals surface area (Å²) >= 11 is 0. The van der Waals surface area contributed by atoms with E-state index in [4.69, 9.17) is 35.1 Å². The molecule has 0 saturated carbocycles. The molecule has 1 aliphatic rings. The molecule has 0 unspecified atom stereocenters. The molecule has 13 heteroatoms. The molecule has 0 spiro atoms. The third kappa shape index (κ3) is 2.09. The van der Waals surface area contributed by atoms with Crippen LogP contribution >= 0.6 is 0 Å². The first-order chi connectivity index (χ1) is 5.46. The maximum atomic E-state index is 5.27. The van der Waals surface area contributed by atoms with E-state index in [1.54, 1.807) is 0 Å². The molecule has 1 radical (unpaired) electrons. The monoisotopic (exact) mass is 239 g/mol. The quantitative estimate of drug-likeness (QED) is 0.221. The second-order valence-corrected chi connectivity index (χ2v) is 1.92. The maximum Gasteiger partial charge on any atom is 0 e. The Kier molecular flexibility index (Phi) is 4.51. The molecule has 0 atom stereocenters. The number of rotatable bonds is 0. The predicted molar refractivity (Wildman–Crippen MR) is 36.2 cm³/mol. The van der Waals surface area contributed by atoms with Crippen LogP contribution in [0.5, 0.6) is 0 Å². The Labute approximate surface area is 83.9 Å². The Balaban J connectivity index is 0.00000144. The normalized spacial score (nSPS) is 26.3. The van der Waals surface area contributed by atoms with Gasteiger partial charge in [0.15, 0.2) is 0 Å². The zero-order chi connectivity index (χ0) is 9.46. The van der Waals surface area contributed by atoms with E-state index >= 15 is 0 Å². The Morgan fingerprint density at radius 2 is 0.462 bits per heavy atom. The van der Waals surface area contributed by atoms with Crippen molar-refractivity contribution in [3.8, 4) is 0 Å². The van der Waals surface area contributed by atoms with Crippen molar-refractivity contribution in [1.82, 2.24) is 31.4 Å². The van der Waals surface area contributed by atoms with Gasteiger partial charge < -0.3 is 0 Å². The van der Waals surface area contributed by atoms with Crippen molar-refractivity contribution in [3.05, 3.63) is 0 Å². The van der Waals surface area contributed by atoms with Crippen LogP contribution in [-0.4, -0.2) is 31.4 Å². The Morgan fingerprint density at radius 3 is 0.538 bits per heavy atom. The molecular formula is H12CoN12. The van der Waals surface area contributed by atoms with Gasteiger partial charge in [0.2, 0.25) is 0 Å². The molecule has 81 valence electrons. The van der Waals surface area contributed by atoms with E-state index in [0.29, 0.717) is 0 Å². The zero-order valence-electron chi connectivity index (χ0n) is 6.48. The van der Waals surface area contributed by atoms with Gasteiger partial charge in [-0.25, -0.2) is 35.1 Å². The molecule has 13 heavy (non-hydrogen) atoms. The fourth-order valence-electron chi connectivity index (χ4n) is 0.563. The van der Waals surface area contributed by atoms with Crippen molar-refractivity contribution in [3.63, 3.8) is 0 Å². The molecule has 1 heterocycles. The van der Waals surface area contributed by atoms with Gasteiger partial charge in [-0.15, -0.1) is 0 Å². The van der Waals surface area contributed by atoms with Crippen LogP contribution in [0, 0.1) is 0 Å². The minimum atomic E-state index is 0. The van der Waals surface area contributed by atoms with E-state index in [0.717, 1.165) is 31.4 Å². The number of hydrogen-bond donors (Lipinski definition) is 6. The minimum Gasteiger partial charge on any atom is -0.235 e. The fourth-order valence-corrected chi connectivity index (χ4v) is 0.563.